The van der Waals surface area contributed by atoms with E-state index in [1.54, 1.807) is 9.80 Å². The summed E-state index contributed by atoms with van der Waals surface area (Å²) in [7, 11) is -4.46. The fourth-order valence-electron chi connectivity index (χ4n) is 5.95. The van der Waals surface area contributed by atoms with E-state index in [-0.39, 0.29) is 55.4 Å². The Kier molecular flexibility index (Phi) is 18.6. The number of hydrogen-bond acceptors (Lipinski definition) is 8. The Hall–Kier alpha value is -0.680. The molecule has 0 saturated carbocycles. The van der Waals surface area contributed by atoms with Gasteiger partial charge in [0, 0.05) is 25.9 Å². The summed E-state index contributed by atoms with van der Waals surface area (Å²) in [5.41, 5.74) is 0. The highest BCUT2D eigenvalue weighted by atomic mass is 32.2. The predicted molar refractivity (Wildman–Crippen MR) is 181 cm³/mol. The highest BCUT2D eigenvalue weighted by molar-refractivity contribution is 7.99. The number of phosphoric acid groups is 1. The first-order chi connectivity index (χ1) is 21.2. The number of amides is 2. The van der Waals surface area contributed by atoms with E-state index in [0.29, 0.717) is 50.0 Å². The van der Waals surface area contributed by atoms with Crippen LogP contribution in [0.2, 0.25) is 0 Å². The summed E-state index contributed by atoms with van der Waals surface area (Å²) in [4.78, 5) is 40.5. The first-order valence-corrected chi connectivity index (χ1v) is 19.8. The van der Waals surface area contributed by atoms with Crippen molar-refractivity contribution in [1.29, 1.82) is 0 Å². The van der Waals surface area contributed by atoms with Crippen LogP contribution < -0.4 is 0 Å². The van der Waals surface area contributed by atoms with Gasteiger partial charge >= 0.3 is 7.82 Å². The third-order valence-electron chi connectivity index (χ3n) is 8.10. The molecule has 2 rings (SSSR count). The quantitative estimate of drug-likeness (QED) is 0.0972. The maximum absolute atomic E-state index is 13.2. The second-order valence-electron chi connectivity index (χ2n) is 13.9. The first kappa shape index (κ1) is 40.5. The zero-order chi connectivity index (χ0) is 33.6. The van der Waals surface area contributed by atoms with Crippen LogP contribution in [-0.4, -0.2) is 100 Å². The fourth-order valence-corrected chi connectivity index (χ4v) is 7.68. The van der Waals surface area contributed by atoms with Gasteiger partial charge in [0.05, 0.1) is 49.7 Å². The molecular formula is C33H63N2O8PS. The molecular weight excluding hydrogens is 615 g/mol. The van der Waals surface area contributed by atoms with Crippen molar-refractivity contribution in [2.75, 3.05) is 32.1 Å². The summed E-state index contributed by atoms with van der Waals surface area (Å²) >= 11 is 1.83. The molecule has 2 saturated heterocycles. The topological polar surface area (TPSA) is 115 Å². The molecule has 2 heterocycles. The third kappa shape index (κ3) is 16.3. The predicted octanol–water partition coefficient (Wildman–Crippen LogP) is 6.83. The average molecular weight is 679 g/mol. The Bertz CT molecular complexity index is 921. The highest BCUT2D eigenvalue weighted by Gasteiger charge is 2.41. The number of carbonyl (C=O) groups excluding carboxylic acids is 2. The van der Waals surface area contributed by atoms with Crippen LogP contribution in [0, 0.1) is 5.92 Å². The van der Waals surface area contributed by atoms with Gasteiger partial charge in [0.1, 0.15) is 0 Å². The van der Waals surface area contributed by atoms with Gasteiger partial charge in [-0.15, -0.1) is 0 Å². The third-order valence-corrected chi connectivity index (χ3v) is 10.3. The maximum Gasteiger partial charge on any atom is 0.472 e. The number of thioether (sulfide) groups is 1. The van der Waals surface area contributed by atoms with Crippen LogP contribution in [0.5, 0.6) is 0 Å². The number of hydrogen-bond donors (Lipinski definition) is 1. The molecule has 0 spiro atoms. The second kappa shape index (κ2) is 20.6. The summed E-state index contributed by atoms with van der Waals surface area (Å²) in [5, 5.41) is 0.517. The molecule has 0 aromatic heterocycles. The molecule has 2 fully saturated rings. The van der Waals surface area contributed by atoms with Crippen molar-refractivity contribution in [3.63, 3.8) is 0 Å². The Labute approximate surface area is 277 Å². The van der Waals surface area contributed by atoms with E-state index >= 15 is 0 Å². The minimum absolute atomic E-state index is 0.00193. The monoisotopic (exact) mass is 678 g/mol. The van der Waals surface area contributed by atoms with E-state index in [2.05, 4.69) is 27.7 Å². The van der Waals surface area contributed by atoms with Crippen molar-refractivity contribution in [2.45, 2.75) is 161 Å². The van der Waals surface area contributed by atoms with Crippen LogP contribution in [0.25, 0.3) is 0 Å². The van der Waals surface area contributed by atoms with Crippen LogP contribution >= 0.6 is 19.6 Å². The molecule has 0 radical (unpaired) electrons. The van der Waals surface area contributed by atoms with Gasteiger partial charge in [-0.05, 0) is 70.3 Å². The second-order valence-corrected chi connectivity index (χ2v) is 17.0. The molecule has 0 aromatic rings. The van der Waals surface area contributed by atoms with Crippen molar-refractivity contribution < 1.29 is 37.6 Å². The maximum atomic E-state index is 13.2. The Morgan fingerprint density at radius 3 is 1.98 bits per heavy atom. The van der Waals surface area contributed by atoms with Gasteiger partial charge in [-0.1, -0.05) is 53.4 Å². The molecule has 10 nitrogen and oxygen atoms in total. The lowest BCUT2D eigenvalue weighted by molar-refractivity contribution is -0.134. The molecule has 0 bridgehead atoms. The van der Waals surface area contributed by atoms with E-state index in [1.165, 1.54) is 12.8 Å². The van der Waals surface area contributed by atoms with E-state index < -0.39 is 13.9 Å². The van der Waals surface area contributed by atoms with E-state index in [1.807, 2.05) is 39.5 Å². The number of rotatable bonds is 22. The lowest BCUT2D eigenvalue weighted by Crippen LogP contribution is -2.39. The molecule has 0 aliphatic carbocycles. The highest BCUT2D eigenvalue weighted by Crippen LogP contribution is 2.47. The SMILES string of the molecule is CC(C)CCCCCCC(=O)N1C[C@H](OC(C)C)C[C@H]1COP(=O)(O)O[C@@H]1C[C@@H](COC(C)C)N(C(=O)CCCSC(C)C)C1. The number of nitrogens with zero attached hydrogens (tertiary/aromatic N) is 2. The van der Waals surface area contributed by atoms with E-state index in [4.69, 9.17) is 18.5 Å². The molecule has 5 atom stereocenters. The van der Waals surface area contributed by atoms with Crippen LogP contribution in [0.3, 0.4) is 0 Å². The molecule has 2 aliphatic rings. The van der Waals surface area contributed by atoms with Crippen LogP contribution in [0.15, 0.2) is 0 Å². The molecule has 264 valence electrons. The van der Waals surface area contributed by atoms with Gasteiger partial charge in [0.2, 0.25) is 11.8 Å². The largest absolute Gasteiger partial charge is 0.472 e. The van der Waals surface area contributed by atoms with Crippen molar-refractivity contribution in [3.05, 3.63) is 0 Å². The molecule has 1 N–H and O–H groups in total. The van der Waals surface area contributed by atoms with Crippen LogP contribution in [0.4, 0.5) is 0 Å². The van der Waals surface area contributed by atoms with Gasteiger partial charge in [0.25, 0.3) is 0 Å². The lowest BCUT2D eigenvalue weighted by Gasteiger charge is -2.26. The molecule has 12 heteroatoms. The van der Waals surface area contributed by atoms with Crippen molar-refractivity contribution in [3.8, 4) is 0 Å². The smallest absolute Gasteiger partial charge is 0.377 e. The van der Waals surface area contributed by atoms with Crippen LogP contribution in [0.1, 0.15) is 120 Å². The fraction of sp³-hybridized carbons (Fsp3) is 0.939. The minimum atomic E-state index is -4.46. The minimum Gasteiger partial charge on any atom is -0.377 e. The first-order valence-electron chi connectivity index (χ1n) is 17.3. The number of phosphoric ester groups is 1. The molecule has 2 amide bonds. The van der Waals surface area contributed by atoms with Crippen molar-refractivity contribution >= 4 is 31.4 Å². The Morgan fingerprint density at radius 2 is 1.38 bits per heavy atom. The Morgan fingerprint density at radius 1 is 0.800 bits per heavy atom. The van der Waals surface area contributed by atoms with Gasteiger partial charge in [-0.25, -0.2) is 4.57 Å². The summed E-state index contributed by atoms with van der Waals surface area (Å²) in [6.45, 7) is 17.4. The summed E-state index contributed by atoms with van der Waals surface area (Å²) < 4.78 is 36.1. The Balaban J connectivity index is 1.94. The van der Waals surface area contributed by atoms with Gasteiger partial charge < -0.3 is 24.2 Å². The van der Waals surface area contributed by atoms with E-state index in [0.717, 1.165) is 31.4 Å². The summed E-state index contributed by atoms with van der Waals surface area (Å²) in [5.74, 6) is 1.64. The van der Waals surface area contributed by atoms with Crippen LogP contribution in [-0.2, 0) is 32.7 Å². The zero-order valence-electron chi connectivity index (χ0n) is 29.3. The van der Waals surface area contributed by atoms with Gasteiger partial charge in [0.15, 0.2) is 0 Å². The lowest BCUT2D eigenvalue weighted by atomic mass is 10.0. The molecule has 45 heavy (non-hydrogen) atoms. The normalized spacial score (nSPS) is 23.7. The van der Waals surface area contributed by atoms with Gasteiger partial charge in [-0.3, -0.25) is 18.6 Å². The summed E-state index contributed by atoms with van der Waals surface area (Å²) in [6, 6.07) is -0.603. The number of unbranched alkanes of at least 4 members (excludes halogenated alkanes) is 3. The molecule has 0 aromatic carbocycles. The average Bonchev–Trinajstić information content (AvgIpc) is 3.53. The number of carbonyl (C=O) groups is 2. The van der Waals surface area contributed by atoms with E-state index in [9.17, 15) is 19.0 Å². The number of ether oxygens (including phenoxy) is 2. The van der Waals surface area contributed by atoms with Crippen molar-refractivity contribution in [1.82, 2.24) is 9.80 Å². The zero-order valence-corrected chi connectivity index (χ0v) is 31.0. The summed E-state index contributed by atoms with van der Waals surface area (Å²) in [6.07, 6.45) is 7.12. The standard InChI is InChI=1S/C33H63N2O8PS/c1-24(2)14-11-9-10-12-15-32(36)34-20-30(42-26(5)6)18-29(34)23-41-44(38,39)43-31-19-28(22-40-25(3)4)35(21-31)33(37)16-13-17-45-27(7)8/h24-31H,9-23H2,1-8H3,(H,38,39)/t28-,29-,30+,31+/m0/s1. The van der Waals surface area contributed by atoms with Gasteiger partial charge in [-0.2, -0.15) is 11.8 Å². The number of likely N-dealkylation sites (tertiary alicyclic amines) is 2. The molecule has 1 unspecified atom stereocenters. The molecule has 2 aliphatic heterocycles. The van der Waals surface area contributed by atoms with Crippen molar-refractivity contribution in [2.24, 2.45) is 5.92 Å².